The van der Waals surface area contributed by atoms with E-state index in [1.165, 1.54) is 11.0 Å². The van der Waals surface area contributed by atoms with Gasteiger partial charge in [-0.25, -0.2) is 10.3 Å². The molecule has 0 radical (unpaired) electrons. The van der Waals surface area contributed by atoms with Crippen LogP contribution in [0.25, 0.3) is 6.08 Å². The number of hydrogen-bond donors (Lipinski definition) is 3. The summed E-state index contributed by atoms with van der Waals surface area (Å²) in [6.45, 7) is 1.89. The highest BCUT2D eigenvalue weighted by Crippen LogP contribution is 2.42. The number of para-hydroxylation sites is 1. The summed E-state index contributed by atoms with van der Waals surface area (Å²) >= 11 is 0. The van der Waals surface area contributed by atoms with Crippen LogP contribution in [-0.2, 0) is 4.79 Å². The van der Waals surface area contributed by atoms with E-state index in [-0.39, 0.29) is 5.54 Å². The van der Waals surface area contributed by atoms with Gasteiger partial charge in [-0.3, -0.25) is 10.0 Å². The average Bonchev–Trinajstić information content (AvgIpc) is 2.96. The summed E-state index contributed by atoms with van der Waals surface area (Å²) in [4.78, 5) is 25.9. The highest BCUT2D eigenvalue weighted by Gasteiger charge is 2.52. The number of hydroxylamine groups is 1. The van der Waals surface area contributed by atoms with Crippen molar-refractivity contribution in [2.45, 2.75) is 18.4 Å². The Morgan fingerprint density at radius 1 is 1.26 bits per heavy atom. The van der Waals surface area contributed by atoms with Crippen LogP contribution in [0.15, 0.2) is 30.3 Å². The Morgan fingerprint density at radius 2 is 2.00 bits per heavy atom. The van der Waals surface area contributed by atoms with Crippen molar-refractivity contribution < 1.29 is 19.9 Å². The first-order valence-corrected chi connectivity index (χ1v) is 7.52. The lowest BCUT2D eigenvalue weighted by molar-refractivity contribution is -0.124. The van der Waals surface area contributed by atoms with Crippen molar-refractivity contribution in [2.75, 3.05) is 24.5 Å². The van der Waals surface area contributed by atoms with Crippen LogP contribution in [0.3, 0.4) is 0 Å². The number of carboxylic acid groups (broad SMARTS) is 1. The molecule has 7 nitrogen and oxygen atoms in total. The van der Waals surface area contributed by atoms with Crippen LogP contribution in [0.1, 0.15) is 18.4 Å². The second-order valence-corrected chi connectivity index (χ2v) is 5.99. The topological polar surface area (TPSA) is 93.1 Å². The summed E-state index contributed by atoms with van der Waals surface area (Å²) in [5.41, 5.74) is 3.28. The maximum Gasteiger partial charge on any atom is 0.407 e. The summed E-state index contributed by atoms with van der Waals surface area (Å²) in [6, 6.07) is 7.69. The van der Waals surface area contributed by atoms with Gasteiger partial charge in [-0.1, -0.05) is 18.2 Å². The number of anilines is 1. The van der Waals surface area contributed by atoms with Crippen molar-refractivity contribution in [3.63, 3.8) is 0 Å². The van der Waals surface area contributed by atoms with Gasteiger partial charge in [0.1, 0.15) is 0 Å². The van der Waals surface area contributed by atoms with Crippen molar-refractivity contribution in [1.29, 1.82) is 0 Å². The Labute approximate surface area is 133 Å². The molecule has 3 rings (SSSR count). The molecule has 122 valence electrons. The quantitative estimate of drug-likeness (QED) is 0.447. The highest BCUT2D eigenvalue weighted by atomic mass is 16.5. The second kappa shape index (κ2) is 5.92. The number of hydrogen-bond acceptors (Lipinski definition) is 4. The van der Waals surface area contributed by atoms with E-state index >= 15 is 0 Å². The van der Waals surface area contributed by atoms with E-state index < -0.39 is 12.0 Å². The van der Waals surface area contributed by atoms with Gasteiger partial charge in [0.2, 0.25) is 0 Å². The number of nitrogens with one attached hydrogen (secondary N) is 1. The molecule has 1 aromatic carbocycles. The van der Waals surface area contributed by atoms with E-state index in [0.29, 0.717) is 13.1 Å². The van der Waals surface area contributed by atoms with Crippen LogP contribution >= 0.6 is 0 Å². The van der Waals surface area contributed by atoms with Crippen LogP contribution in [0.2, 0.25) is 0 Å². The summed E-state index contributed by atoms with van der Waals surface area (Å²) in [5.74, 6) is -0.586. The SMILES string of the molecule is O=C(C=Cc1ccccc1N1CCCC12CN(C(=O)O)C2)NO. The van der Waals surface area contributed by atoms with E-state index in [1.54, 1.807) is 11.6 Å². The maximum atomic E-state index is 11.2. The molecular formula is C16H19N3O4. The van der Waals surface area contributed by atoms with E-state index in [4.69, 9.17) is 10.3 Å². The first kappa shape index (κ1) is 15.4. The van der Waals surface area contributed by atoms with Crippen LogP contribution < -0.4 is 10.4 Å². The predicted octanol–water partition coefficient (Wildman–Crippen LogP) is 1.54. The Kier molecular flexibility index (Phi) is 3.96. The normalized spacial score (nSPS) is 19.2. The standard InChI is InChI=1S/C16H19N3O4/c20-14(17-23)7-6-12-4-1-2-5-13(12)19-9-3-8-16(19)10-18(11-16)15(21)22/h1-2,4-7,23H,3,8-11H2,(H,17,20)(H,21,22). The van der Waals surface area contributed by atoms with Crippen LogP contribution in [-0.4, -0.2) is 52.4 Å². The fraction of sp³-hybridized carbons (Fsp3) is 0.375. The summed E-state index contributed by atoms with van der Waals surface area (Å²) in [7, 11) is 0. The van der Waals surface area contributed by atoms with Crippen molar-refractivity contribution in [3.05, 3.63) is 35.9 Å². The maximum absolute atomic E-state index is 11.2. The second-order valence-electron chi connectivity index (χ2n) is 5.99. The van der Waals surface area contributed by atoms with Crippen LogP contribution in [0, 0.1) is 0 Å². The largest absolute Gasteiger partial charge is 0.465 e. The number of carbonyl (C=O) groups excluding carboxylic acids is 1. The molecule has 0 unspecified atom stereocenters. The fourth-order valence-corrected chi connectivity index (χ4v) is 3.52. The number of carbonyl (C=O) groups is 2. The number of likely N-dealkylation sites (tertiary alicyclic amines) is 1. The molecule has 1 aromatic rings. The molecule has 0 saturated carbocycles. The van der Waals surface area contributed by atoms with Crippen LogP contribution in [0.5, 0.6) is 0 Å². The average molecular weight is 317 g/mol. The molecule has 0 aliphatic carbocycles. The molecule has 2 saturated heterocycles. The molecule has 2 amide bonds. The Hall–Kier alpha value is -2.54. The highest BCUT2D eigenvalue weighted by molar-refractivity contribution is 5.92. The molecule has 2 aliphatic rings. The van der Waals surface area contributed by atoms with Gasteiger partial charge in [0.25, 0.3) is 5.91 Å². The van der Waals surface area contributed by atoms with Crippen molar-refractivity contribution >= 4 is 23.8 Å². The van der Waals surface area contributed by atoms with Gasteiger partial charge in [-0.05, 0) is 30.5 Å². The lowest BCUT2D eigenvalue weighted by Crippen LogP contribution is -2.69. The van der Waals surface area contributed by atoms with Crippen LogP contribution in [0.4, 0.5) is 10.5 Å². The van der Waals surface area contributed by atoms with Gasteiger partial charge in [-0.15, -0.1) is 0 Å². The Morgan fingerprint density at radius 3 is 2.70 bits per heavy atom. The molecule has 3 N–H and O–H groups in total. The van der Waals surface area contributed by atoms with Gasteiger partial charge in [0.15, 0.2) is 0 Å². The van der Waals surface area contributed by atoms with Gasteiger partial charge in [0.05, 0.1) is 5.54 Å². The van der Waals surface area contributed by atoms with Crippen molar-refractivity contribution in [1.82, 2.24) is 10.4 Å². The zero-order valence-corrected chi connectivity index (χ0v) is 12.6. The zero-order valence-electron chi connectivity index (χ0n) is 12.6. The minimum Gasteiger partial charge on any atom is -0.465 e. The predicted molar refractivity (Wildman–Crippen MR) is 84.3 cm³/mol. The lowest BCUT2D eigenvalue weighted by Gasteiger charge is -2.52. The van der Waals surface area contributed by atoms with E-state index in [0.717, 1.165) is 30.6 Å². The van der Waals surface area contributed by atoms with E-state index in [9.17, 15) is 9.59 Å². The molecule has 0 atom stereocenters. The molecule has 7 heteroatoms. The molecule has 1 spiro atoms. The Bertz CT molecular complexity index is 652. The first-order valence-electron chi connectivity index (χ1n) is 7.52. The van der Waals surface area contributed by atoms with Gasteiger partial charge >= 0.3 is 6.09 Å². The van der Waals surface area contributed by atoms with Gasteiger partial charge in [0, 0.05) is 31.4 Å². The number of rotatable bonds is 3. The van der Waals surface area contributed by atoms with Gasteiger partial charge < -0.3 is 14.9 Å². The molecule has 2 aliphatic heterocycles. The first-order chi connectivity index (χ1) is 11.1. The zero-order chi connectivity index (χ0) is 16.4. The summed E-state index contributed by atoms with van der Waals surface area (Å²) in [6.07, 6.45) is 4.02. The molecule has 23 heavy (non-hydrogen) atoms. The molecule has 2 fully saturated rings. The lowest BCUT2D eigenvalue weighted by atomic mass is 9.86. The smallest absolute Gasteiger partial charge is 0.407 e. The number of nitrogens with zero attached hydrogens (tertiary/aromatic N) is 2. The van der Waals surface area contributed by atoms with Gasteiger partial charge in [-0.2, -0.15) is 0 Å². The van der Waals surface area contributed by atoms with Crippen molar-refractivity contribution in [3.8, 4) is 0 Å². The third kappa shape index (κ3) is 2.75. The van der Waals surface area contributed by atoms with Crippen molar-refractivity contribution in [2.24, 2.45) is 0 Å². The third-order valence-corrected chi connectivity index (χ3v) is 4.59. The number of benzene rings is 1. The van der Waals surface area contributed by atoms with E-state index in [1.807, 2.05) is 24.3 Å². The minimum absolute atomic E-state index is 0.137. The molecular weight excluding hydrogens is 298 g/mol. The third-order valence-electron chi connectivity index (χ3n) is 4.59. The fourth-order valence-electron chi connectivity index (χ4n) is 3.52. The molecule has 0 aromatic heterocycles. The Balaban J connectivity index is 1.85. The van der Waals surface area contributed by atoms with E-state index in [2.05, 4.69) is 4.90 Å². The monoisotopic (exact) mass is 317 g/mol. The molecule has 2 heterocycles. The summed E-state index contributed by atoms with van der Waals surface area (Å²) < 4.78 is 0. The summed E-state index contributed by atoms with van der Waals surface area (Å²) in [5, 5.41) is 17.7. The number of amides is 2. The minimum atomic E-state index is -0.879. The molecule has 0 bridgehead atoms.